The molecule has 0 aliphatic rings. The molecule has 2 rings (SSSR count). The number of nitrogens with zero attached hydrogens (tertiary/aromatic N) is 2. The lowest BCUT2D eigenvalue weighted by atomic mass is 10.1. The molecular weight excluding hydrogens is 280 g/mol. The van der Waals surface area contributed by atoms with Crippen LogP contribution >= 0.6 is 11.3 Å². The number of carbonyl (C=O) groups excluding carboxylic acids is 1. The van der Waals surface area contributed by atoms with Crippen molar-refractivity contribution < 1.29 is 9.72 Å². The zero-order valence-corrected chi connectivity index (χ0v) is 11.4. The van der Waals surface area contributed by atoms with E-state index in [-0.39, 0.29) is 11.6 Å². The van der Waals surface area contributed by atoms with Gasteiger partial charge in [0.25, 0.3) is 5.69 Å². The van der Waals surface area contributed by atoms with Gasteiger partial charge in [-0.05, 0) is 19.1 Å². The molecule has 0 saturated carbocycles. The first-order valence-electron chi connectivity index (χ1n) is 5.74. The number of aromatic nitrogens is 1. The predicted molar refractivity (Wildman–Crippen MR) is 76.5 cm³/mol. The van der Waals surface area contributed by atoms with Crippen molar-refractivity contribution in [2.75, 3.05) is 5.32 Å². The number of hydrogen-bond acceptors (Lipinski definition) is 6. The molecule has 0 fully saturated rings. The molecule has 1 atom stereocenters. The topological polar surface area (TPSA) is 111 Å². The lowest BCUT2D eigenvalue weighted by Gasteiger charge is -2.03. The van der Waals surface area contributed by atoms with Gasteiger partial charge in [0, 0.05) is 23.1 Å². The van der Waals surface area contributed by atoms with Gasteiger partial charge in [0.2, 0.25) is 5.91 Å². The molecule has 104 valence electrons. The molecule has 0 bridgehead atoms. The fraction of sp³-hybridized carbons (Fsp3) is 0.167. The van der Waals surface area contributed by atoms with Crippen LogP contribution in [0.2, 0.25) is 0 Å². The van der Waals surface area contributed by atoms with Crippen molar-refractivity contribution in [3.05, 3.63) is 39.8 Å². The molecule has 1 aromatic heterocycles. The molecule has 8 heteroatoms. The van der Waals surface area contributed by atoms with Crippen LogP contribution in [-0.2, 0) is 4.79 Å². The van der Waals surface area contributed by atoms with Crippen molar-refractivity contribution in [2.24, 2.45) is 5.73 Å². The number of nitrogens with one attached hydrogen (secondary N) is 1. The number of anilines is 1. The Labute approximate surface area is 118 Å². The van der Waals surface area contributed by atoms with E-state index in [1.165, 1.54) is 23.5 Å². The van der Waals surface area contributed by atoms with Crippen molar-refractivity contribution in [3.63, 3.8) is 0 Å². The average Bonchev–Trinajstić information content (AvgIpc) is 2.87. The number of nitro groups is 1. The van der Waals surface area contributed by atoms with E-state index < -0.39 is 11.0 Å². The first-order valence-corrected chi connectivity index (χ1v) is 6.62. The minimum atomic E-state index is -0.610. The van der Waals surface area contributed by atoms with Crippen LogP contribution in [-0.4, -0.2) is 21.9 Å². The van der Waals surface area contributed by atoms with Crippen LogP contribution in [0.5, 0.6) is 0 Å². The minimum absolute atomic E-state index is 0.0227. The molecule has 0 spiro atoms. The van der Waals surface area contributed by atoms with Crippen molar-refractivity contribution in [3.8, 4) is 11.3 Å². The van der Waals surface area contributed by atoms with Gasteiger partial charge in [-0.2, -0.15) is 0 Å². The van der Waals surface area contributed by atoms with E-state index in [9.17, 15) is 14.9 Å². The quantitative estimate of drug-likeness (QED) is 0.661. The van der Waals surface area contributed by atoms with Gasteiger partial charge in [-0.3, -0.25) is 14.9 Å². The smallest absolute Gasteiger partial charge is 0.269 e. The fourth-order valence-electron chi connectivity index (χ4n) is 1.44. The molecular formula is C12H12N4O3S. The third-order valence-electron chi connectivity index (χ3n) is 2.52. The fourth-order valence-corrected chi connectivity index (χ4v) is 2.16. The summed E-state index contributed by atoms with van der Waals surface area (Å²) >= 11 is 1.27. The van der Waals surface area contributed by atoms with Crippen LogP contribution in [0.4, 0.5) is 10.8 Å². The Morgan fingerprint density at radius 3 is 2.65 bits per heavy atom. The summed E-state index contributed by atoms with van der Waals surface area (Å²) in [5.74, 6) is -0.311. The summed E-state index contributed by atoms with van der Waals surface area (Å²) < 4.78 is 0. The molecule has 20 heavy (non-hydrogen) atoms. The summed E-state index contributed by atoms with van der Waals surface area (Å²) in [5.41, 5.74) is 6.86. The number of hydrogen-bond donors (Lipinski definition) is 2. The normalized spacial score (nSPS) is 11.9. The predicted octanol–water partition coefficient (Wildman–Crippen LogP) is 2.00. The second-order valence-corrected chi connectivity index (χ2v) is 4.98. The molecule has 1 unspecified atom stereocenters. The van der Waals surface area contributed by atoms with E-state index >= 15 is 0 Å². The number of rotatable bonds is 4. The van der Waals surface area contributed by atoms with Gasteiger partial charge in [0.1, 0.15) is 0 Å². The second-order valence-electron chi connectivity index (χ2n) is 4.12. The Morgan fingerprint density at radius 1 is 1.45 bits per heavy atom. The van der Waals surface area contributed by atoms with Crippen molar-refractivity contribution in [1.82, 2.24) is 4.98 Å². The van der Waals surface area contributed by atoms with Crippen LogP contribution in [0.15, 0.2) is 29.6 Å². The van der Waals surface area contributed by atoms with Crippen molar-refractivity contribution >= 4 is 28.1 Å². The third-order valence-corrected chi connectivity index (χ3v) is 3.28. The van der Waals surface area contributed by atoms with Crippen LogP contribution in [0, 0.1) is 10.1 Å². The highest BCUT2D eigenvalue weighted by Crippen LogP contribution is 2.26. The summed E-state index contributed by atoms with van der Waals surface area (Å²) in [7, 11) is 0. The Kier molecular flexibility index (Phi) is 4.06. The second kappa shape index (κ2) is 5.76. The zero-order chi connectivity index (χ0) is 14.7. The van der Waals surface area contributed by atoms with E-state index in [0.717, 1.165) is 5.56 Å². The van der Waals surface area contributed by atoms with E-state index in [0.29, 0.717) is 10.8 Å². The Balaban J connectivity index is 2.16. The van der Waals surface area contributed by atoms with Gasteiger partial charge in [0.15, 0.2) is 5.13 Å². The van der Waals surface area contributed by atoms with Gasteiger partial charge >= 0.3 is 0 Å². The first kappa shape index (κ1) is 14.1. The SMILES string of the molecule is CC(N)C(=O)Nc1nc(-c2ccc([N+](=O)[O-])cc2)cs1. The monoisotopic (exact) mass is 292 g/mol. The highest BCUT2D eigenvalue weighted by atomic mass is 32.1. The summed E-state index contributed by atoms with van der Waals surface area (Å²) in [6.07, 6.45) is 0. The number of amides is 1. The maximum atomic E-state index is 11.4. The van der Waals surface area contributed by atoms with Gasteiger partial charge in [-0.25, -0.2) is 4.98 Å². The lowest BCUT2D eigenvalue weighted by Crippen LogP contribution is -2.32. The minimum Gasteiger partial charge on any atom is -0.320 e. The van der Waals surface area contributed by atoms with Crippen molar-refractivity contribution in [2.45, 2.75) is 13.0 Å². The summed E-state index contributed by atoms with van der Waals surface area (Å²) in [6.45, 7) is 1.58. The summed E-state index contributed by atoms with van der Waals surface area (Å²) in [6, 6.07) is 5.44. The molecule has 1 amide bonds. The highest BCUT2D eigenvalue weighted by molar-refractivity contribution is 7.14. The van der Waals surface area contributed by atoms with Crippen LogP contribution in [0.1, 0.15) is 6.92 Å². The molecule has 0 radical (unpaired) electrons. The molecule has 0 saturated heterocycles. The van der Waals surface area contributed by atoms with Gasteiger partial charge < -0.3 is 11.1 Å². The molecule has 1 aromatic carbocycles. The van der Waals surface area contributed by atoms with Gasteiger partial charge in [0.05, 0.1) is 16.7 Å². The molecule has 7 nitrogen and oxygen atoms in total. The Hall–Kier alpha value is -2.32. The number of thiazole rings is 1. The van der Waals surface area contributed by atoms with Crippen LogP contribution < -0.4 is 11.1 Å². The van der Waals surface area contributed by atoms with E-state index in [4.69, 9.17) is 5.73 Å². The molecule has 1 heterocycles. The van der Waals surface area contributed by atoms with Crippen LogP contribution in [0.25, 0.3) is 11.3 Å². The number of carbonyl (C=O) groups is 1. The van der Waals surface area contributed by atoms with Gasteiger partial charge in [-0.1, -0.05) is 0 Å². The summed E-state index contributed by atoms with van der Waals surface area (Å²) in [5, 5.41) is 15.4. The Morgan fingerprint density at radius 2 is 2.10 bits per heavy atom. The lowest BCUT2D eigenvalue weighted by molar-refractivity contribution is -0.384. The number of benzene rings is 1. The van der Waals surface area contributed by atoms with E-state index in [2.05, 4.69) is 10.3 Å². The first-order chi connectivity index (χ1) is 9.47. The Bertz CT molecular complexity index is 636. The third kappa shape index (κ3) is 3.16. The summed E-state index contributed by atoms with van der Waals surface area (Å²) in [4.78, 5) is 25.8. The van der Waals surface area contributed by atoms with Crippen molar-refractivity contribution in [1.29, 1.82) is 0 Å². The molecule has 0 aliphatic heterocycles. The molecule has 3 N–H and O–H groups in total. The average molecular weight is 292 g/mol. The van der Waals surface area contributed by atoms with E-state index in [1.807, 2.05) is 0 Å². The zero-order valence-electron chi connectivity index (χ0n) is 10.6. The number of nitrogens with two attached hydrogens (primary N) is 1. The standard InChI is InChI=1S/C12H12N4O3S/c1-7(13)11(17)15-12-14-10(6-20-12)8-2-4-9(5-3-8)16(18)19/h2-7H,13H2,1H3,(H,14,15,17). The van der Waals surface area contributed by atoms with E-state index in [1.54, 1.807) is 24.4 Å². The largest absolute Gasteiger partial charge is 0.320 e. The maximum absolute atomic E-state index is 11.4. The maximum Gasteiger partial charge on any atom is 0.269 e. The highest BCUT2D eigenvalue weighted by Gasteiger charge is 2.12. The molecule has 2 aromatic rings. The van der Waals surface area contributed by atoms with Crippen LogP contribution in [0.3, 0.4) is 0 Å². The number of non-ortho nitro benzene ring substituents is 1. The number of nitro benzene ring substituents is 1. The van der Waals surface area contributed by atoms with Gasteiger partial charge in [-0.15, -0.1) is 11.3 Å². The molecule has 0 aliphatic carbocycles.